The van der Waals surface area contributed by atoms with Crippen LogP contribution in [-0.2, 0) is 0 Å². The average Bonchev–Trinajstić information content (AvgIpc) is 2.38. The molecule has 98 valence electrons. The topological polar surface area (TPSA) is 46.3 Å². The number of nitrogens with zero attached hydrogens (tertiary/aromatic N) is 1. The second kappa shape index (κ2) is 5.14. The minimum Gasteiger partial charge on any atom is -0.399 e. The van der Waals surface area contributed by atoms with Crippen LogP contribution in [0.3, 0.4) is 0 Å². The Bertz CT molecular complexity index is 603. The molecule has 0 bridgehead atoms. The predicted molar refractivity (Wildman–Crippen MR) is 79.5 cm³/mol. The molecule has 0 heterocycles. The molecule has 0 aliphatic heterocycles. The van der Waals surface area contributed by atoms with E-state index < -0.39 is 0 Å². The van der Waals surface area contributed by atoms with Crippen LogP contribution in [-0.4, -0.2) is 13.0 Å². The summed E-state index contributed by atoms with van der Waals surface area (Å²) in [6, 6.07) is 13.0. The third-order valence-corrected chi connectivity index (χ3v) is 3.18. The smallest absolute Gasteiger partial charge is 0.258 e. The van der Waals surface area contributed by atoms with E-state index in [4.69, 9.17) is 5.73 Å². The largest absolute Gasteiger partial charge is 0.399 e. The molecule has 0 spiro atoms. The summed E-state index contributed by atoms with van der Waals surface area (Å²) in [7, 11) is 1.79. The highest BCUT2D eigenvalue weighted by Crippen LogP contribution is 2.21. The summed E-state index contributed by atoms with van der Waals surface area (Å²) < 4.78 is 0. The SMILES string of the molecule is Cc1ccc(N(C)C(=O)c2ccc(N)cc2)c(C)c1. The molecule has 2 aromatic carbocycles. The third kappa shape index (κ3) is 2.76. The van der Waals surface area contributed by atoms with Crippen LogP contribution in [0, 0.1) is 13.8 Å². The molecule has 0 atom stereocenters. The van der Waals surface area contributed by atoms with Crippen LogP contribution in [0.5, 0.6) is 0 Å². The molecule has 0 aromatic heterocycles. The van der Waals surface area contributed by atoms with Crippen LogP contribution in [0.25, 0.3) is 0 Å². The molecule has 3 heteroatoms. The van der Waals surface area contributed by atoms with Gasteiger partial charge in [-0.25, -0.2) is 0 Å². The molecule has 0 saturated carbocycles. The Morgan fingerprint density at radius 1 is 1.05 bits per heavy atom. The number of carbonyl (C=O) groups excluding carboxylic acids is 1. The highest BCUT2D eigenvalue weighted by atomic mass is 16.2. The Kier molecular flexibility index (Phi) is 3.56. The van der Waals surface area contributed by atoms with Gasteiger partial charge in [0.05, 0.1) is 0 Å². The number of aryl methyl sites for hydroxylation is 2. The van der Waals surface area contributed by atoms with E-state index in [1.54, 1.807) is 36.2 Å². The van der Waals surface area contributed by atoms with Gasteiger partial charge in [-0.15, -0.1) is 0 Å². The summed E-state index contributed by atoms with van der Waals surface area (Å²) in [5.41, 5.74) is 10.1. The summed E-state index contributed by atoms with van der Waals surface area (Å²) in [6.45, 7) is 4.05. The summed E-state index contributed by atoms with van der Waals surface area (Å²) in [5.74, 6) is -0.0352. The zero-order chi connectivity index (χ0) is 14.0. The number of amides is 1. The average molecular weight is 254 g/mol. The number of nitrogens with two attached hydrogens (primary N) is 1. The highest BCUT2D eigenvalue weighted by molar-refractivity contribution is 6.06. The predicted octanol–water partition coefficient (Wildman–Crippen LogP) is 3.16. The van der Waals surface area contributed by atoms with E-state index in [1.165, 1.54) is 5.56 Å². The maximum Gasteiger partial charge on any atom is 0.258 e. The first-order chi connectivity index (χ1) is 8.99. The molecule has 1 amide bonds. The lowest BCUT2D eigenvalue weighted by Crippen LogP contribution is -2.26. The first-order valence-corrected chi connectivity index (χ1v) is 6.20. The van der Waals surface area contributed by atoms with Gasteiger partial charge in [0.2, 0.25) is 0 Å². The zero-order valence-electron chi connectivity index (χ0n) is 11.5. The molecule has 2 rings (SSSR count). The highest BCUT2D eigenvalue weighted by Gasteiger charge is 2.14. The van der Waals surface area contributed by atoms with Crippen molar-refractivity contribution in [2.45, 2.75) is 13.8 Å². The number of hydrogen-bond donors (Lipinski definition) is 1. The van der Waals surface area contributed by atoms with Crippen molar-refractivity contribution in [2.24, 2.45) is 0 Å². The normalized spacial score (nSPS) is 10.3. The maximum atomic E-state index is 12.4. The molecular weight excluding hydrogens is 236 g/mol. The van der Waals surface area contributed by atoms with Gasteiger partial charge in [-0.05, 0) is 49.7 Å². The Labute approximate surface area is 113 Å². The minimum atomic E-state index is -0.0352. The van der Waals surface area contributed by atoms with Gasteiger partial charge >= 0.3 is 0 Å². The van der Waals surface area contributed by atoms with Crippen molar-refractivity contribution >= 4 is 17.3 Å². The van der Waals surface area contributed by atoms with E-state index in [0.29, 0.717) is 11.3 Å². The molecule has 0 unspecified atom stereocenters. The van der Waals surface area contributed by atoms with Gasteiger partial charge in [-0.1, -0.05) is 17.7 Å². The lowest BCUT2D eigenvalue weighted by Gasteiger charge is -2.20. The fraction of sp³-hybridized carbons (Fsp3) is 0.188. The van der Waals surface area contributed by atoms with E-state index >= 15 is 0 Å². The number of anilines is 2. The molecular formula is C16H18N2O. The van der Waals surface area contributed by atoms with Crippen LogP contribution >= 0.6 is 0 Å². The minimum absolute atomic E-state index is 0.0352. The molecule has 0 radical (unpaired) electrons. The number of benzene rings is 2. The van der Waals surface area contributed by atoms with Gasteiger partial charge in [-0.2, -0.15) is 0 Å². The van der Waals surface area contributed by atoms with Crippen molar-refractivity contribution in [3.05, 3.63) is 59.2 Å². The molecule has 0 fully saturated rings. The van der Waals surface area contributed by atoms with E-state index in [-0.39, 0.29) is 5.91 Å². The molecule has 19 heavy (non-hydrogen) atoms. The fourth-order valence-electron chi connectivity index (χ4n) is 2.11. The Morgan fingerprint density at radius 3 is 2.26 bits per heavy atom. The lowest BCUT2D eigenvalue weighted by atomic mass is 10.1. The van der Waals surface area contributed by atoms with E-state index in [2.05, 4.69) is 6.07 Å². The number of nitrogen functional groups attached to an aromatic ring is 1. The number of carbonyl (C=O) groups is 1. The van der Waals surface area contributed by atoms with Crippen molar-refractivity contribution in [2.75, 3.05) is 17.7 Å². The second-order valence-electron chi connectivity index (χ2n) is 4.78. The van der Waals surface area contributed by atoms with Gasteiger partial charge < -0.3 is 10.6 Å². The standard InChI is InChI=1S/C16H18N2O/c1-11-4-9-15(12(2)10-11)18(3)16(19)13-5-7-14(17)8-6-13/h4-10H,17H2,1-3H3. The van der Waals surface area contributed by atoms with Gasteiger partial charge in [0.1, 0.15) is 0 Å². The summed E-state index contributed by atoms with van der Waals surface area (Å²) in [5, 5.41) is 0. The Balaban J connectivity index is 2.30. The summed E-state index contributed by atoms with van der Waals surface area (Å²) in [4.78, 5) is 14.0. The first kappa shape index (κ1) is 13.1. The van der Waals surface area contributed by atoms with E-state index in [1.807, 2.05) is 26.0 Å². The summed E-state index contributed by atoms with van der Waals surface area (Å²) in [6.07, 6.45) is 0. The number of hydrogen-bond acceptors (Lipinski definition) is 2. The zero-order valence-corrected chi connectivity index (χ0v) is 11.5. The third-order valence-electron chi connectivity index (χ3n) is 3.18. The van der Waals surface area contributed by atoms with Crippen molar-refractivity contribution < 1.29 is 4.79 Å². The maximum absolute atomic E-state index is 12.4. The van der Waals surface area contributed by atoms with Gasteiger partial charge in [0.15, 0.2) is 0 Å². The van der Waals surface area contributed by atoms with Crippen molar-refractivity contribution in [1.82, 2.24) is 0 Å². The molecule has 0 aliphatic carbocycles. The molecule has 3 nitrogen and oxygen atoms in total. The van der Waals surface area contributed by atoms with Crippen molar-refractivity contribution in [1.29, 1.82) is 0 Å². The van der Waals surface area contributed by atoms with Crippen LogP contribution in [0.2, 0.25) is 0 Å². The van der Waals surface area contributed by atoms with Crippen LogP contribution < -0.4 is 10.6 Å². The number of rotatable bonds is 2. The first-order valence-electron chi connectivity index (χ1n) is 6.20. The van der Waals surface area contributed by atoms with Crippen LogP contribution in [0.15, 0.2) is 42.5 Å². The van der Waals surface area contributed by atoms with Crippen molar-refractivity contribution in [3.8, 4) is 0 Å². The van der Waals surface area contributed by atoms with Crippen LogP contribution in [0.4, 0.5) is 11.4 Å². The van der Waals surface area contributed by atoms with E-state index in [0.717, 1.165) is 11.3 Å². The van der Waals surface area contributed by atoms with E-state index in [9.17, 15) is 4.79 Å². The molecule has 2 aromatic rings. The Morgan fingerprint density at radius 2 is 1.68 bits per heavy atom. The Hall–Kier alpha value is -2.29. The van der Waals surface area contributed by atoms with Gasteiger partial charge in [0.25, 0.3) is 5.91 Å². The second-order valence-corrected chi connectivity index (χ2v) is 4.78. The lowest BCUT2D eigenvalue weighted by molar-refractivity contribution is 0.0993. The van der Waals surface area contributed by atoms with Gasteiger partial charge in [-0.3, -0.25) is 4.79 Å². The summed E-state index contributed by atoms with van der Waals surface area (Å²) >= 11 is 0. The molecule has 0 saturated heterocycles. The molecule has 2 N–H and O–H groups in total. The molecule has 0 aliphatic rings. The van der Waals surface area contributed by atoms with Crippen LogP contribution in [0.1, 0.15) is 21.5 Å². The van der Waals surface area contributed by atoms with Crippen molar-refractivity contribution in [3.63, 3.8) is 0 Å². The van der Waals surface area contributed by atoms with Gasteiger partial charge in [0, 0.05) is 24.0 Å². The fourth-order valence-corrected chi connectivity index (χ4v) is 2.11. The quantitative estimate of drug-likeness (QED) is 0.837. The monoisotopic (exact) mass is 254 g/mol.